The van der Waals surface area contributed by atoms with E-state index in [1.807, 2.05) is 6.92 Å². The number of aromatic carboxylic acids is 1. The fourth-order valence-electron chi connectivity index (χ4n) is 0.832. The molecule has 0 radical (unpaired) electrons. The zero-order valence-corrected chi connectivity index (χ0v) is 9.10. The van der Waals surface area contributed by atoms with Crippen molar-refractivity contribution in [2.24, 2.45) is 0 Å². The van der Waals surface area contributed by atoms with Crippen molar-refractivity contribution in [1.29, 1.82) is 0 Å². The largest absolute Gasteiger partial charge is 0.477 e. The molecule has 1 rings (SSSR count). The number of hydrogen-bond donors (Lipinski definition) is 1. The van der Waals surface area contributed by atoms with E-state index in [-0.39, 0.29) is 10.8 Å². The van der Waals surface area contributed by atoms with E-state index in [4.69, 9.17) is 16.7 Å². The van der Waals surface area contributed by atoms with Crippen molar-refractivity contribution in [3.05, 3.63) is 22.7 Å². The van der Waals surface area contributed by atoms with Gasteiger partial charge in [0.2, 0.25) is 0 Å². The van der Waals surface area contributed by atoms with Crippen molar-refractivity contribution in [3.8, 4) is 0 Å². The van der Waals surface area contributed by atoms with E-state index in [9.17, 15) is 4.79 Å². The van der Waals surface area contributed by atoms with Crippen molar-refractivity contribution in [3.63, 3.8) is 0 Å². The van der Waals surface area contributed by atoms with Crippen LogP contribution in [0.25, 0.3) is 0 Å². The van der Waals surface area contributed by atoms with Crippen LogP contribution in [-0.4, -0.2) is 26.8 Å². The fraction of sp³-hybridized carbons (Fsp3) is 0.375. The predicted octanol–water partition coefficient (Wildman–Crippen LogP) is 2.08. The quantitative estimate of drug-likeness (QED) is 0.806. The average molecular weight is 233 g/mol. The molecule has 0 unspecified atom stereocenters. The molecule has 1 aromatic rings. The maximum absolute atomic E-state index is 10.6. The van der Waals surface area contributed by atoms with E-state index in [0.717, 1.165) is 5.75 Å². The number of hydrogen-bond acceptors (Lipinski definition) is 4. The van der Waals surface area contributed by atoms with Gasteiger partial charge in [-0.3, -0.25) is 0 Å². The lowest BCUT2D eigenvalue weighted by atomic mass is 10.4. The first-order chi connectivity index (χ1) is 6.63. The average Bonchev–Trinajstić information content (AvgIpc) is 2.14. The molecule has 0 aliphatic rings. The minimum atomic E-state index is -1.09. The van der Waals surface area contributed by atoms with Crippen LogP contribution >= 0.6 is 23.4 Å². The molecule has 0 fully saturated rings. The van der Waals surface area contributed by atoms with Gasteiger partial charge in [0.05, 0.1) is 5.75 Å². The summed E-state index contributed by atoms with van der Waals surface area (Å²) in [5, 5.41) is 8.87. The second-order valence-corrected chi connectivity index (χ2v) is 4.10. The SMILES string of the molecule is CCSCc1nc(Cl)cc(C(=O)O)n1. The van der Waals surface area contributed by atoms with Gasteiger partial charge in [0.1, 0.15) is 11.0 Å². The summed E-state index contributed by atoms with van der Waals surface area (Å²) in [5.74, 6) is 0.883. The molecule has 0 amide bonds. The molecule has 0 saturated carbocycles. The number of aromatic nitrogens is 2. The molecule has 0 aromatic carbocycles. The van der Waals surface area contributed by atoms with Gasteiger partial charge in [-0.15, -0.1) is 0 Å². The van der Waals surface area contributed by atoms with Gasteiger partial charge >= 0.3 is 5.97 Å². The highest BCUT2D eigenvalue weighted by atomic mass is 35.5. The van der Waals surface area contributed by atoms with Crippen LogP contribution in [0, 0.1) is 0 Å². The van der Waals surface area contributed by atoms with Gasteiger partial charge in [-0.1, -0.05) is 18.5 Å². The topological polar surface area (TPSA) is 63.1 Å². The first-order valence-electron chi connectivity index (χ1n) is 3.98. The molecule has 0 atom stereocenters. The summed E-state index contributed by atoms with van der Waals surface area (Å²) in [6, 6.07) is 1.24. The monoisotopic (exact) mass is 232 g/mol. The lowest BCUT2D eigenvalue weighted by molar-refractivity contribution is 0.0690. The maximum Gasteiger partial charge on any atom is 0.354 e. The number of carboxylic acids is 1. The van der Waals surface area contributed by atoms with Gasteiger partial charge in [0.25, 0.3) is 0 Å². The Morgan fingerprint density at radius 3 is 2.93 bits per heavy atom. The fourth-order valence-corrected chi connectivity index (χ4v) is 1.55. The number of halogens is 1. The van der Waals surface area contributed by atoms with E-state index in [1.54, 1.807) is 11.8 Å². The van der Waals surface area contributed by atoms with Crippen molar-refractivity contribution in [2.75, 3.05) is 5.75 Å². The Bertz CT molecular complexity index is 346. The Morgan fingerprint density at radius 2 is 2.36 bits per heavy atom. The van der Waals surface area contributed by atoms with E-state index in [1.165, 1.54) is 6.07 Å². The first kappa shape index (κ1) is 11.3. The van der Waals surface area contributed by atoms with Crippen LogP contribution in [0.15, 0.2) is 6.07 Å². The molecule has 0 aliphatic heterocycles. The third kappa shape index (κ3) is 3.16. The van der Waals surface area contributed by atoms with E-state index < -0.39 is 5.97 Å². The van der Waals surface area contributed by atoms with Crippen molar-refractivity contribution < 1.29 is 9.90 Å². The van der Waals surface area contributed by atoms with Gasteiger partial charge in [0.15, 0.2) is 5.69 Å². The van der Waals surface area contributed by atoms with Crippen LogP contribution in [0.5, 0.6) is 0 Å². The lowest BCUT2D eigenvalue weighted by Gasteiger charge is -2.00. The summed E-state index contributed by atoms with van der Waals surface area (Å²) in [5.41, 5.74) is -0.0586. The molecule has 4 nitrogen and oxygen atoms in total. The minimum Gasteiger partial charge on any atom is -0.477 e. The van der Waals surface area contributed by atoms with Crippen molar-refractivity contribution in [2.45, 2.75) is 12.7 Å². The normalized spacial score (nSPS) is 10.1. The number of thioether (sulfide) groups is 1. The maximum atomic E-state index is 10.6. The summed E-state index contributed by atoms with van der Waals surface area (Å²) >= 11 is 7.26. The molecule has 1 aromatic heterocycles. The minimum absolute atomic E-state index is 0.0586. The Hall–Kier alpha value is -0.810. The molecule has 1 N–H and O–H groups in total. The van der Waals surface area contributed by atoms with Gasteiger partial charge < -0.3 is 5.11 Å². The van der Waals surface area contributed by atoms with Crippen LogP contribution in [0.1, 0.15) is 23.2 Å². The highest BCUT2D eigenvalue weighted by Gasteiger charge is 2.08. The van der Waals surface area contributed by atoms with Crippen LogP contribution in [0.2, 0.25) is 5.15 Å². The van der Waals surface area contributed by atoms with Crippen molar-refractivity contribution in [1.82, 2.24) is 9.97 Å². The summed E-state index contributed by atoms with van der Waals surface area (Å²) < 4.78 is 0. The Morgan fingerprint density at radius 1 is 1.64 bits per heavy atom. The molecule has 0 saturated heterocycles. The number of carboxylic acid groups (broad SMARTS) is 1. The third-order valence-electron chi connectivity index (χ3n) is 1.40. The molecular weight excluding hydrogens is 224 g/mol. The van der Waals surface area contributed by atoms with Gasteiger partial charge in [-0.2, -0.15) is 11.8 Å². The Labute approximate surface area is 90.7 Å². The highest BCUT2D eigenvalue weighted by Crippen LogP contribution is 2.12. The highest BCUT2D eigenvalue weighted by molar-refractivity contribution is 7.98. The number of carbonyl (C=O) groups is 1. The zero-order chi connectivity index (χ0) is 10.6. The predicted molar refractivity (Wildman–Crippen MR) is 55.8 cm³/mol. The number of rotatable bonds is 4. The van der Waals surface area contributed by atoms with Crippen LogP contribution in [0.3, 0.4) is 0 Å². The molecule has 1 heterocycles. The second kappa shape index (κ2) is 5.17. The first-order valence-corrected chi connectivity index (χ1v) is 5.51. The van der Waals surface area contributed by atoms with Crippen LogP contribution < -0.4 is 0 Å². The Kier molecular flexibility index (Phi) is 4.16. The summed E-state index contributed by atoms with van der Waals surface area (Å²) in [6.45, 7) is 2.01. The van der Waals surface area contributed by atoms with Crippen LogP contribution in [0.4, 0.5) is 0 Å². The van der Waals surface area contributed by atoms with Gasteiger partial charge in [-0.05, 0) is 5.75 Å². The van der Waals surface area contributed by atoms with Gasteiger partial charge in [-0.25, -0.2) is 14.8 Å². The standard InChI is InChI=1S/C8H9ClN2O2S/c1-2-14-4-7-10-5(8(12)13)3-6(9)11-7/h3H,2,4H2,1H3,(H,12,13). The zero-order valence-electron chi connectivity index (χ0n) is 7.53. The Balaban J connectivity index is 2.89. The van der Waals surface area contributed by atoms with E-state index in [2.05, 4.69) is 9.97 Å². The number of nitrogens with zero attached hydrogens (tertiary/aromatic N) is 2. The molecule has 0 aliphatic carbocycles. The van der Waals surface area contributed by atoms with Crippen LogP contribution in [-0.2, 0) is 5.75 Å². The van der Waals surface area contributed by atoms with Gasteiger partial charge in [0, 0.05) is 6.07 Å². The van der Waals surface area contributed by atoms with E-state index >= 15 is 0 Å². The molecular formula is C8H9ClN2O2S. The molecule has 76 valence electrons. The molecule has 0 spiro atoms. The summed E-state index contributed by atoms with van der Waals surface area (Å²) in [4.78, 5) is 18.4. The molecule has 0 bridgehead atoms. The third-order valence-corrected chi connectivity index (χ3v) is 2.46. The molecule has 14 heavy (non-hydrogen) atoms. The molecule has 6 heteroatoms. The van der Waals surface area contributed by atoms with E-state index in [0.29, 0.717) is 11.6 Å². The lowest BCUT2D eigenvalue weighted by Crippen LogP contribution is -2.04. The summed E-state index contributed by atoms with van der Waals surface area (Å²) in [7, 11) is 0. The smallest absolute Gasteiger partial charge is 0.354 e. The van der Waals surface area contributed by atoms with Crippen molar-refractivity contribution >= 4 is 29.3 Å². The summed E-state index contributed by atoms with van der Waals surface area (Å²) in [6.07, 6.45) is 0. The second-order valence-electron chi connectivity index (χ2n) is 2.43.